The number of hydrogen-bond acceptors (Lipinski definition) is 6. The van der Waals surface area contributed by atoms with Gasteiger partial charge in [-0.3, -0.25) is 0 Å². The molecule has 0 N–H and O–H groups in total. The van der Waals surface area contributed by atoms with Crippen molar-refractivity contribution in [2.75, 3.05) is 0 Å². The summed E-state index contributed by atoms with van der Waals surface area (Å²) in [5, 5.41) is 6.19. The third-order valence-corrected chi connectivity index (χ3v) is 8.94. The first kappa shape index (κ1) is 26.5. The number of nitrogens with zero attached hydrogens (tertiary/aromatic N) is 4. The van der Waals surface area contributed by atoms with Crippen molar-refractivity contribution in [2.24, 2.45) is 0 Å². The molecule has 7 aromatic carbocycles. The van der Waals surface area contributed by atoms with Gasteiger partial charge in [0.1, 0.15) is 16.7 Å². The van der Waals surface area contributed by atoms with Crippen LogP contribution in [0.15, 0.2) is 154 Å². The van der Waals surface area contributed by atoms with Crippen LogP contribution in [0.4, 0.5) is 0 Å². The Morgan fingerprint density at radius 1 is 0.375 bits per heavy atom. The molecule has 0 aliphatic carbocycles. The van der Waals surface area contributed by atoms with Crippen LogP contribution in [0.1, 0.15) is 0 Å². The van der Waals surface area contributed by atoms with Crippen LogP contribution in [0.2, 0.25) is 0 Å². The maximum absolute atomic E-state index is 6.46. The summed E-state index contributed by atoms with van der Waals surface area (Å²) in [5.74, 6) is 2.45. The summed E-state index contributed by atoms with van der Waals surface area (Å²) < 4.78 is 12.7. The van der Waals surface area contributed by atoms with Crippen LogP contribution in [0.5, 0.6) is 0 Å². The number of hydrogen-bond donors (Lipinski definition) is 0. The van der Waals surface area contributed by atoms with Crippen LogP contribution >= 0.6 is 0 Å². The lowest BCUT2D eigenvalue weighted by Gasteiger charge is -2.13. The molecule has 0 amide bonds. The Hall–Kier alpha value is -6.66. The van der Waals surface area contributed by atoms with Crippen molar-refractivity contribution in [1.29, 1.82) is 0 Å². The van der Waals surface area contributed by atoms with E-state index in [1.165, 1.54) is 0 Å². The molecule has 48 heavy (non-hydrogen) atoms. The van der Waals surface area contributed by atoms with Crippen molar-refractivity contribution >= 4 is 54.6 Å². The molecule has 0 atom stereocenters. The molecule has 0 saturated carbocycles. The molecule has 0 aliphatic heterocycles. The summed E-state index contributed by atoms with van der Waals surface area (Å²) in [5.41, 5.74) is 6.78. The minimum atomic E-state index is 0.582. The molecule has 0 spiro atoms. The highest BCUT2D eigenvalue weighted by Crippen LogP contribution is 2.44. The molecular weight excluding hydrogens is 592 g/mol. The van der Waals surface area contributed by atoms with E-state index >= 15 is 0 Å². The van der Waals surface area contributed by atoms with Gasteiger partial charge in [-0.15, -0.1) is 0 Å². The van der Waals surface area contributed by atoms with Gasteiger partial charge < -0.3 is 8.83 Å². The Morgan fingerprint density at radius 2 is 0.917 bits per heavy atom. The van der Waals surface area contributed by atoms with Gasteiger partial charge in [-0.25, -0.2) is 19.9 Å². The van der Waals surface area contributed by atoms with Crippen molar-refractivity contribution in [3.63, 3.8) is 0 Å². The molecular formula is C42H24N4O2. The van der Waals surface area contributed by atoms with E-state index < -0.39 is 0 Å². The molecule has 6 heteroatoms. The molecule has 3 aromatic heterocycles. The molecule has 6 nitrogen and oxygen atoms in total. The molecule has 0 saturated heterocycles. The van der Waals surface area contributed by atoms with Crippen molar-refractivity contribution in [2.45, 2.75) is 0 Å². The van der Waals surface area contributed by atoms with Crippen LogP contribution in [0, 0.1) is 0 Å². The van der Waals surface area contributed by atoms with E-state index in [0.717, 1.165) is 71.3 Å². The zero-order valence-electron chi connectivity index (χ0n) is 25.5. The number of rotatable bonds is 4. The van der Waals surface area contributed by atoms with Crippen molar-refractivity contribution in [3.05, 3.63) is 146 Å². The SMILES string of the molecule is c1ccc(-c2nc(-c3ccccc3)nc(-c3cc4ccc5oc6ccc7oc(-c8ccccc8)nc7c6c5c4c4ccccc34)n2)cc1. The second-order valence-corrected chi connectivity index (χ2v) is 11.8. The molecule has 0 radical (unpaired) electrons. The van der Waals surface area contributed by atoms with Crippen LogP contribution in [0.25, 0.3) is 100 Å². The minimum absolute atomic E-state index is 0.582. The molecule has 0 aliphatic rings. The van der Waals surface area contributed by atoms with Crippen molar-refractivity contribution < 1.29 is 8.83 Å². The summed E-state index contributed by atoms with van der Waals surface area (Å²) in [6, 6.07) is 48.8. The Morgan fingerprint density at radius 3 is 1.60 bits per heavy atom. The third-order valence-electron chi connectivity index (χ3n) is 8.94. The van der Waals surface area contributed by atoms with Gasteiger partial charge >= 0.3 is 0 Å². The lowest BCUT2D eigenvalue weighted by atomic mass is 9.93. The first-order valence-corrected chi connectivity index (χ1v) is 15.8. The quantitative estimate of drug-likeness (QED) is 0.183. The van der Waals surface area contributed by atoms with E-state index in [1.807, 2.05) is 109 Å². The van der Waals surface area contributed by atoms with Gasteiger partial charge in [0.05, 0.1) is 5.39 Å². The van der Waals surface area contributed by atoms with Crippen LogP contribution in [-0.4, -0.2) is 19.9 Å². The first-order chi connectivity index (χ1) is 23.8. The van der Waals surface area contributed by atoms with Gasteiger partial charge in [0, 0.05) is 33.0 Å². The number of aromatic nitrogens is 4. The van der Waals surface area contributed by atoms with Crippen LogP contribution in [0.3, 0.4) is 0 Å². The highest BCUT2D eigenvalue weighted by atomic mass is 16.4. The number of oxazole rings is 1. The van der Waals surface area contributed by atoms with Gasteiger partial charge in [0.25, 0.3) is 0 Å². The van der Waals surface area contributed by atoms with E-state index in [0.29, 0.717) is 28.9 Å². The zero-order chi connectivity index (χ0) is 31.6. The van der Waals surface area contributed by atoms with Crippen molar-refractivity contribution in [1.82, 2.24) is 19.9 Å². The summed E-state index contributed by atoms with van der Waals surface area (Å²) in [6.07, 6.45) is 0. The maximum Gasteiger partial charge on any atom is 0.227 e. The second kappa shape index (κ2) is 10.4. The number of fused-ring (bicyclic) bond motifs is 9. The lowest BCUT2D eigenvalue weighted by Crippen LogP contribution is -2.00. The Labute approximate surface area is 274 Å². The lowest BCUT2D eigenvalue weighted by molar-refractivity contribution is 0.619. The molecule has 10 aromatic rings. The summed E-state index contributed by atoms with van der Waals surface area (Å²) in [4.78, 5) is 20.1. The average molecular weight is 617 g/mol. The monoisotopic (exact) mass is 616 g/mol. The van der Waals surface area contributed by atoms with E-state index in [2.05, 4.69) is 36.4 Å². The van der Waals surface area contributed by atoms with Crippen LogP contribution in [-0.2, 0) is 0 Å². The predicted octanol–water partition coefficient (Wildman–Crippen LogP) is 10.9. The van der Waals surface area contributed by atoms with Crippen molar-refractivity contribution in [3.8, 4) is 45.6 Å². The smallest absolute Gasteiger partial charge is 0.227 e. The molecule has 0 unspecified atom stereocenters. The van der Waals surface area contributed by atoms with E-state index in [4.69, 9.17) is 28.8 Å². The normalized spacial score (nSPS) is 11.8. The van der Waals surface area contributed by atoms with Gasteiger partial charge in [-0.2, -0.15) is 0 Å². The molecule has 3 heterocycles. The average Bonchev–Trinajstić information content (AvgIpc) is 3.77. The van der Waals surface area contributed by atoms with Gasteiger partial charge in [0.2, 0.25) is 5.89 Å². The fourth-order valence-electron chi connectivity index (χ4n) is 6.75. The Bertz CT molecular complexity index is 2770. The topological polar surface area (TPSA) is 77.8 Å². The predicted molar refractivity (Wildman–Crippen MR) is 191 cm³/mol. The fourth-order valence-corrected chi connectivity index (χ4v) is 6.75. The molecule has 224 valence electrons. The minimum Gasteiger partial charge on any atom is -0.456 e. The van der Waals surface area contributed by atoms with E-state index in [9.17, 15) is 0 Å². The molecule has 0 bridgehead atoms. The van der Waals surface area contributed by atoms with Crippen LogP contribution < -0.4 is 0 Å². The summed E-state index contributed by atoms with van der Waals surface area (Å²) >= 11 is 0. The number of furan rings is 1. The largest absolute Gasteiger partial charge is 0.456 e. The molecule has 0 fully saturated rings. The van der Waals surface area contributed by atoms with E-state index in [1.54, 1.807) is 0 Å². The zero-order valence-corrected chi connectivity index (χ0v) is 25.5. The number of benzene rings is 7. The highest BCUT2D eigenvalue weighted by molar-refractivity contribution is 6.31. The third kappa shape index (κ3) is 4.13. The van der Waals surface area contributed by atoms with Gasteiger partial charge in [-0.05, 0) is 52.6 Å². The fraction of sp³-hybridized carbons (Fsp3) is 0. The Kier molecular flexibility index (Phi) is 5.77. The standard InChI is InChI=1S/C42H24N4O2/c1-4-12-25(13-5-1)39-44-40(26-14-6-2-7-15-26)46-41(45-39)31-24-28-20-21-32-36(35(28)30-19-11-10-18-29(30)31)37-33(47-32)22-23-34-38(37)43-42(48-34)27-16-8-3-9-17-27/h1-24H. The highest BCUT2D eigenvalue weighted by Gasteiger charge is 2.21. The van der Waals surface area contributed by atoms with Gasteiger partial charge in [0.15, 0.2) is 23.1 Å². The first-order valence-electron chi connectivity index (χ1n) is 15.8. The molecule has 10 rings (SSSR count). The maximum atomic E-state index is 6.46. The van der Waals surface area contributed by atoms with E-state index in [-0.39, 0.29) is 0 Å². The Balaban J connectivity index is 1.27. The summed E-state index contributed by atoms with van der Waals surface area (Å²) in [7, 11) is 0. The summed E-state index contributed by atoms with van der Waals surface area (Å²) in [6.45, 7) is 0. The van der Waals surface area contributed by atoms with Gasteiger partial charge in [-0.1, -0.05) is 109 Å². The second-order valence-electron chi connectivity index (χ2n) is 11.8.